The lowest BCUT2D eigenvalue weighted by molar-refractivity contribution is -0.384. The molecule has 0 radical (unpaired) electrons. The van der Waals surface area contributed by atoms with Gasteiger partial charge < -0.3 is 14.0 Å². The minimum Gasteiger partial charge on any atom is -0.481 e. The summed E-state index contributed by atoms with van der Waals surface area (Å²) in [5.74, 6) is 1.08. The molecular formula is C26H34N2O5. The molecule has 0 spiro atoms. The van der Waals surface area contributed by atoms with Gasteiger partial charge in [-0.15, -0.1) is 0 Å². The number of nitro groups is 1. The molecule has 7 heteroatoms. The molecule has 33 heavy (non-hydrogen) atoms. The van der Waals surface area contributed by atoms with Gasteiger partial charge in [-0.3, -0.25) is 14.9 Å². The quantitative estimate of drug-likeness (QED) is 0.163. The molecule has 0 saturated heterocycles. The summed E-state index contributed by atoms with van der Waals surface area (Å²) in [4.78, 5) is 24.2. The molecule has 0 bridgehead atoms. The second-order valence-corrected chi connectivity index (χ2v) is 8.06. The number of pyridine rings is 1. The van der Waals surface area contributed by atoms with Crippen LogP contribution in [0, 0.1) is 10.1 Å². The molecule has 1 heterocycles. The van der Waals surface area contributed by atoms with Crippen LogP contribution in [-0.4, -0.2) is 16.1 Å². The van der Waals surface area contributed by atoms with Crippen molar-refractivity contribution < 1.29 is 14.4 Å². The summed E-state index contributed by atoms with van der Waals surface area (Å²) in [6.45, 7) is 12.4. The molecular weight excluding hydrogens is 420 g/mol. The first kappa shape index (κ1) is 25.9. The van der Waals surface area contributed by atoms with Crippen molar-refractivity contribution in [2.24, 2.45) is 0 Å². The lowest BCUT2D eigenvalue weighted by Crippen LogP contribution is -2.23. The summed E-state index contributed by atoms with van der Waals surface area (Å²) in [7, 11) is 0. The van der Waals surface area contributed by atoms with Crippen LogP contribution < -0.4 is 15.0 Å². The van der Waals surface area contributed by atoms with Gasteiger partial charge in [-0.25, -0.2) is 0 Å². The van der Waals surface area contributed by atoms with E-state index in [0.29, 0.717) is 35.4 Å². The summed E-state index contributed by atoms with van der Waals surface area (Å²) in [5.41, 5.74) is 2.44. The van der Waals surface area contributed by atoms with Crippen LogP contribution in [0.15, 0.2) is 58.1 Å². The largest absolute Gasteiger partial charge is 0.481 e. The van der Waals surface area contributed by atoms with E-state index in [4.69, 9.17) is 9.47 Å². The van der Waals surface area contributed by atoms with Crippen LogP contribution in [-0.2, 0) is 6.54 Å². The molecule has 0 atom stereocenters. The van der Waals surface area contributed by atoms with Crippen LogP contribution in [0.25, 0.3) is 10.9 Å². The van der Waals surface area contributed by atoms with E-state index in [1.54, 1.807) is 6.07 Å². The number of nitrogens with zero attached hydrogens (tertiary/aromatic N) is 2. The lowest BCUT2D eigenvalue weighted by Gasteiger charge is -2.18. The number of benzene rings is 1. The van der Waals surface area contributed by atoms with Gasteiger partial charge in [-0.2, -0.15) is 0 Å². The van der Waals surface area contributed by atoms with Gasteiger partial charge in [0.25, 0.3) is 11.2 Å². The molecule has 0 N–H and O–H groups in total. The Hall–Kier alpha value is -3.35. The number of allylic oxidation sites excluding steroid dienone is 5. The second-order valence-electron chi connectivity index (χ2n) is 8.06. The van der Waals surface area contributed by atoms with Crippen molar-refractivity contribution in [2.45, 2.75) is 67.3 Å². The molecule has 7 nitrogen and oxygen atoms in total. The van der Waals surface area contributed by atoms with E-state index >= 15 is 0 Å². The SMILES string of the molecule is CC=C(CC)Oc1c(OC/C=C(\C)CCC=C(C)C)c(=O)n(CC)c2cc([N+](=O)[O-])ccc12. The first-order chi connectivity index (χ1) is 15.7. The average Bonchev–Trinajstić information content (AvgIpc) is 2.78. The highest BCUT2D eigenvalue weighted by Gasteiger charge is 2.22. The fourth-order valence-corrected chi connectivity index (χ4v) is 3.47. The van der Waals surface area contributed by atoms with Crippen LogP contribution in [0.1, 0.15) is 60.8 Å². The predicted molar refractivity (Wildman–Crippen MR) is 133 cm³/mol. The number of rotatable bonds is 11. The lowest BCUT2D eigenvalue weighted by atomic mass is 10.1. The maximum Gasteiger partial charge on any atom is 0.297 e. The molecule has 0 aliphatic rings. The summed E-state index contributed by atoms with van der Waals surface area (Å²) < 4.78 is 13.6. The van der Waals surface area contributed by atoms with Crippen LogP contribution in [0.4, 0.5) is 5.69 Å². The van der Waals surface area contributed by atoms with E-state index in [0.717, 1.165) is 12.8 Å². The van der Waals surface area contributed by atoms with Crippen LogP contribution >= 0.6 is 0 Å². The Morgan fingerprint density at radius 1 is 1.15 bits per heavy atom. The molecule has 0 unspecified atom stereocenters. The van der Waals surface area contributed by atoms with E-state index in [1.165, 1.54) is 27.8 Å². The van der Waals surface area contributed by atoms with Crippen molar-refractivity contribution in [3.63, 3.8) is 0 Å². The van der Waals surface area contributed by atoms with E-state index in [-0.39, 0.29) is 23.6 Å². The van der Waals surface area contributed by atoms with Gasteiger partial charge in [0.15, 0.2) is 5.75 Å². The molecule has 2 rings (SSSR count). The number of hydrogen-bond acceptors (Lipinski definition) is 5. The standard InChI is InChI=1S/C26H34N2O5/c1-7-21(8-2)33-24-22-14-13-20(28(30)31)17-23(22)27(9-3)26(29)25(24)32-16-15-19(6)12-10-11-18(4)5/h7,11,13-15,17H,8-10,12,16H2,1-6H3/b19-15+,21-7?. The number of hydrogen-bond donors (Lipinski definition) is 0. The maximum absolute atomic E-state index is 13.3. The minimum absolute atomic E-state index is 0.0830. The Labute approximate surface area is 195 Å². The van der Waals surface area contributed by atoms with Gasteiger partial charge in [0, 0.05) is 30.5 Å². The monoisotopic (exact) mass is 454 g/mol. The minimum atomic E-state index is -0.471. The van der Waals surface area contributed by atoms with Gasteiger partial charge in [0.05, 0.1) is 16.2 Å². The highest BCUT2D eigenvalue weighted by atomic mass is 16.6. The summed E-state index contributed by atoms with van der Waals surface area (Å²) in [5, 5.41) is 11.9. The second kappa shape index (κ2) is 12.0. The van der Waals surface area contributed by atoms with Crippen molar-refractivity contribution in [3.8, 4) is 11.5 Å². The molecule has 2 aromatic rings. The number of non-ortho nitro benzene ring substituents is 1. The van der Waals surface area contributed by atoms with E-state index < -0.39 is 4.92 Å². The number of aromatic nitrogens is 1. The Balaban J connectivity index is 2.55. The Morgan fingerprint density at radius 2 is 1.88 bits per heavy atom. The molecule has 0 fully saturated rings. The molecule has 1 aromatic heterocycles. The Kier molecular flexibility index (Phi) is 9.45. The predicted octanol–water partition coefficient (Wildman–Crippen LogP) is 6.69. The molecule has 1 aromatic carbocycles. The summed E-state index contributed by atoms with van der Waals surface area (Å²) in [6, 6.07) is 4.44. The molecule has 0 saturated carbocycles. The zero-order valence-electron chi connectivity index (χ0n) is 20.4. The number of aryl methyl sites for hydroxylation is 1. The summed E-state index contributed by atoms with van der Waals surface area (Å²) >= 11 is 0. The normalized spacial score (nSPS) is 12.1. The van der Waals surface area contributed by atoms with E-state index in [1.807, 2.05) is 39.8 Å². The first-order valence-corrected chi connectivity index (χ1v) is 11.3. The fraction of sp³-hybridized carbons (Fsp3) is 0.423. The van der Waals surface area contributed by atoms with Crippen LogP contribution in [0.2, 0.25) is 0 Å². The van der Waals surface area contributed by atoms with Gasteiger partial charge >= 0.3 is 0 Å². The molecule has 0 aliphatic carbocycles. The van der Waals surface area contributed by atoms with Crippen LogP contribution in [0.3, 0.4) is 0 Å². The molecule has 0 amide bonds. The third-order valence-corrected chi connectivity index (χ3v) is 5.34. The topological polar surface area (TPSA) is 83.6 Å². The Morgan fingerprint density at radius 3 is 2.45 bits per heavy atom. The van der Waals surface area contributed by atoms with Crippen molar-refractivity contribution in [2.75, 3.05) is 6.61 Å². The van der Waals surface area contributed by atoms with E-state index in [9.17, 15) is 14.9 Å². The number of ether oxygens (including phenoxy) is 2. The smallest absolute Gasteiger partial charge is 0.297 e. The molecule has 0 aliphatic heterocycles. The number of nitro benzene ring substituents is 1. The van der Waals surface area contributed by atoms with Gasteiger partial charge in [-0.05, 0) is 65.7 Å². The highest BCUT2D eigenvalue weighted by molar-refractivity contribution is 5.89. The van der Waals surface area contributed by atoms with Crippen molar-refractivity contribution in [3.05, 3.63) is 73.8 Å². The van der Waals surface area contributed by atoms with Crippen molar-refractivity contribution in [1.82, 2.24) is 4.57 Å². The highest BCUT2D eigenvalue weighted by Crippen LogP contribution is 2.36. The zero-order chi connectivity index (χ0) is 24.5. The fourth-order valence-electron chi connectivity index (χ4n) is 3.47. The van der Waals surface area contributed by atoms with Crippen molar-refractivity contribution in [1.29, 1.82) is 0 Å². The molecule has 178 valence electrons. The van der Waals surface area contributed by atoms with Crippen molar-refractivity contribution >= 4 is 16.6 Å². The van der Waals surface area contributed by atoms with Gasteiger partial charge in [0.2, 0.25) is 5.75 Å². The third-order valence-electron chi connectivity index (χ3n) is 5.34. The third kappa shape index (κ3) is 6.57. The first-order valence-electron chi connectivity index (χ1n) is 11.3. The Bertz CT molecular complexity index is 1150. The summed E-state index contributed by atoms with van der Waals surface area (Å²) in [6.07, 6.45) is 8.49. The van der Waals surface area contributed by atoms with E-state index in [2.05, 4.69) is 19.9 Å². The zero-order valence-corrected chi connectivity index (χ0v) is 20.4. The maximum atomic E-state index is 13.3. The average molecular weight is 455 g/mol. The van der Waals surface area contributed by atoms with Crippen LogP contribution in [0.5, 0.6) is 11.5 Å². The van der Waals surface area contributed by atoms with Gasteiger partial charge in [0.1, 0.15) is 6.61 Å². The number of fused-ring (bicyclic) bond motifs is 1. The van der Waals surface area contributed by atoms with Gasteiger partial charge in [-0.1, -0.05) is 24.1 Å².